The fourth-order valence-corrected chi connectivity index (χ4v) is 4.22. The lowest BCUT2D eigenvalue weighted by atomic mass is 9.96. The molecule has 0 radical (unpaired) electrons. The molecule has 0 aliphatic carbocycles. The minimum Gasteiger partial charge on any atom is -0.382 e. The van der Waals surface area contributed by atoms with Crippen molar-refractivity contribution in [2.45, 2.75) is 37.9 Å². The monoisotopic (exact) mass is 406 g/mol. The van der Waals surface area contributed by atoms with E-state index in [9.17, 15) is 9.59 Å². The Hall–Kier alpha value is -3.39. The Morgan fingerprint density at radius 2 is 2.03 bits per heavy atom. The van der Waals surface area contributed by atoms with E-state index in [2.05, 4.69) is 27.6 Å². The molecular weight excluding hydrogens is 380 g/mol. The standard InChI is InChI=1S/C22H26N6O2/c1-13(22(30)25-11-14-7-8-17-18(9-14)26-27-20(17)23)28-12-16(10-19(28)21(24)29)15-5-3-2-4-6-15/h2-9,13,16,19H,10-12H2,1H3,(H2,24,29)(H,25,30)(H3,23,26,27)/t13-,16?,19?/m0/s1. The number of fused-ring (bicyclic) bond motifs is 1. The Kier molecular flexibility index (Phi) is 5.41. The van der Waals surface area contributed by atoms with Gasteiger partial charge in [0.05, 0.1) is 17.6 Å². The third-order valence-electron chi connectivity index (χ3n) is 5.94. The van der Waals surface area contributed by atoms with Crippen molar-refractivity contribution in [3.05, 3.63) is 59.7 Å². The number of carbonyl (C=O) groups excluding carboxylic acids is 2. The van der Waals surface area contributed by atoms with Crippen LogP contribution in [0.25, 0.3) is 10.9 Å². The second-order valence-corrected chi connectivity index (χ2v) is 7.84. The third kappa shape index (κ3) is 3.86. The fourth-order valence-electron chi connectivity index (χ4n) is 4.22. The number of hydrogen-bond donors (Lipinski definition) is 4. The van der Waals surface area contributed by atoms with Crippen molar-refractivity contribution in [2.24, 2.45) is 5.73 Å². The first-order valence-electron chi connectivity index (χ1n) is 10.0. The quantitative estimate of drug-likeness (QED) is 0.493. The molecule has 1 fully saturated rings. The maximum atomic E-state index is 12.8. The number of rotatable bonds is 6. The number of nitrogens with one attached hydrogen (secondary N) is 2. The number of anilines is 1. The maximum absolute atomic E-state index is 12.8. The van der Waals surface area contributed by atoms with Crippen LogP contribution in [0.1, 0.15) is 30.4 Å². The molecule has 8 heteroatoms. The Labute approximate surface area is 174 Å². The van der Waals surface area contributed by atoms with Gasteiger partial charge in [0.1, 0.15) is 0 Å². The van der Waals surface area contributed by atoms with E-state index in [4.69, 9.17) is 11.5 Å². The molecule has 1 aromatic heterocycles. The van der Waals surface area contributed by atoms with Crippen molar-refractivity contribution in [1.82, 2.24) is 20.4 Å². The average Bonchev–Trinajstić information content (AvgIpc) is 3.36. The van der Waals surface area contributed by atoms with Crippen LogP contribution in [0.2, 0.25) is 0 Å². The fraction of sp³-hybridized carbons (Fsp3) is 0.318. The summed E-state index contributed by atoms with van der Waals surface area (Å²) in [5.74, 6) is 0.0930. The number of aromatic nitrogens is 2. The smallest absolute Gasteiger partial charge is 0.237 e. The molecule has 3 aromatic rings. The van der Waals surface area contributed by atoms with Crippen LogP contribution in [0, 0.1) is 0 Å². The second kappa shape index (κ2) is 8.16. The molecule has 2 amide bonds. The van der Waals surface area contributed by atoms with Crippen molar-refractivity contribution in [1.29, 1.82) is 0 Å². The Morgan fingerprint density at radius 3 is 2.77 bits per heavy atom. The number of nitrogens with zero attached hydrogens (tertiary/aromatic N) is 2. The number of aromatic amines is 1. The lowest BCUT2D eigenvalue weighted by molar-refractivity contribution is -0.129. The summed E-state index contributed by atoms with van der Waals surface area (Å²) in [5, 5.41) is 10.7. The van der Waals surface area contributed by atoms with Crippen molar-refractivity contribution in [3.63, 3.8) is 0 Å². The van der Waals surface area contributed by atoms with E-state index in [-0.39, 0.29) is 11.8 Å². The predicted octanol–water partition coefficient (Wildman–Crippen LogP) is 1.49. The zero-order valence-corrected chi connectivity index (χ0v) is 16.8. The van der Waals surface area contributed by atoms with E-state index >= 15 is 0 Å². The van der Waals surface area contributed by atoms with E-state index in [1.807, 2.05) is 48.2 Å². The van der Waals surface area contributed by atoms with Gasteiger partial charge in [0.25, 0.3) is 0 Å². The number of nitrogens with two attached hydrogens (primary N) is 2. The van der Waals surface area contributed by atoms with Crippen LogP contribution in [-0.4, -0.2) is 45.5 Å². The van der Waals surface area contributed by atoms with Gasteiger partial charge in [0.15, 0.2) is 5.82 Å². The summed E-state index contributed by atoms with van der Waals surface area (Å²) in [5.41, 5.74) is 14.4. The topological polar surface area (TPSA) is 130 Å². The minimum atomic E-state index is -0.470. The Balaban J connectivity index is 1.43. The first-order chi connectivity index (χ1) is 14.4. The number of H-pyrrole nitrogens is 1. The highest BCUT2D eigenvalue weighted by Crippen LogP contribution is 2.33. The van der Waals surface area contributed by atoms with Crippen LogP contribution in [-0.2, 0) is 16.1 Å². The molecule has 8 nitrogen and oxygen atoms in total. The largest absolute Gasteiger partial charge is 0.382 e. The number of hydrogen-bond acceptors (Lipinski definition) is 5. The number of primary amides is 1. The zero-order chi connectivity index (χ0) is 21.3. The summed E-state index contributed by atoms with van der Waals surface area (Å²) in [6, 6.07) is 14.8. The molecule has 30 heavy (non-hydrogen) atoms. The van der Waals surface area contributed by atoms with E-state index in [1.165, 1.54) is 0 Å². The molecule has 1 aliphatic heterocycles. The van der Waals surface area contributed by atoms with E-state index in [1.54, 1.807) is 0 Å². The van der Waals surface area contributed by atoms with Gasteiger partial charge < -0.3 is 16.8 Å². The van der Waals surface area contributed by atoms with Crippen molar-refractivity contribution >= 4 is 28.5 Å². The summed E-state index contributed by atoms with van der Waals surface area (Å²) in [4.78, 5) is 26.8. The Morgan fingerprint density at radius 1 is 1.27 bits per heavy atom. The van der Waals surface area contributed by atoms with E-state index in [0.717, 1.165) is 22.0 Å². The molecule has 0 spiro atoms. The van der Waals surface area contributed by atoms with Crippen LogP contribution in [0.4, 0.5) is 5.82 Å². The van der Waals surface area contributed by atoms with Crippen LogP contribution >= 0.6 is 0 Å². The Bertz CT molecular complexity index is 1060. The van der Waals surface area contributed by atoms with Gasteiger partial charge in [-0.3, -0.25) is 19.6 Å². The molecule has 2 heterocycles. The zero-order valence-electron chi connectivity index (χ0n) is 16.8. The molecule has 6 N–H and O–H groups in total. The molecule has 156 valence electrons. The summed E-state index contributed by atoms with van der Waals surface area (Å²) in [6.45, 7) is 2.80. The van der Waals surface area contributed by atoms with Crippen LogP contribution in [0.3, 0.4) is 0 Å². The maximum Gasteiger partial charge on any atom is 0.237 e. The predicted molar refractivity (Wildman–Crippen MR) is 115 cm³/mol. The van der Waals surface area contributed by atoms with Crippen molar-refractivity contribution in [3.8, 4) is 0 Å². The number of likely N-dealkylation sites (tertiary alicyclic amines) is 1. The number of amides is 2. The first kappa shape index (κ1) is 19.9. The average molecular weight is 406 g/mol. The number of nitrogen functional groups attached to an aromatic ring is 1. The van der Waals surface area contributed by atoms with Crippen LogP contribution in [0.15, 0.2) is 48.5 Å². The second-order valence-electron chi connectivity index (χ2n) is 7.84. The van der Waals surface area contributed by atoms with Gasteiger partial charge in [0, 0.05) is 18.5 Å². The SMILES string of the molecule is C[C@@H](C(=O)NCc1ccc2c(N)n[nH]c2c1)N1CC(c2ccccc2)CC1C(N)=O. The molecule has 1 aliphatic rings. The number of carbonyl (C=O) groups is 2. The summed E-state index contributed by atoms with van der Waals surface area (Å²) in [7, 11) is 0. The highest BCUT2D eigenvalue weighted by molar-refractivity contribution is 5.89. The summed E-state index contributed by atoms with van der Waals surface area (Å²) in [6.07, 6.45) is 0.620. The number of benzene rings is 2. The highest BCUT2D eigenvalue weighted by atomic mass is 16.2. The molecule has 2 aromatic carbocycles. The van der Waals surface area contributed by atoms with Crippen molar-refractivity contribution in [2.75, 3.05) is 12.3 Å². The van der Waals surface area contributed by atoms with Crippen LogP contribution < -0.4 is 16.8 Å². The van der Waals surface area contributed by atoms with Gasteiger partial charge in [-0.2, -0.15) is 5.10 Å². The van der Waals surface area contributed by atoms with Gasteiger partial charge in [-0.1, -0.05) is 36.4 Å². The summed E-state index contributed by atoms with van der Waals surface area (Å²) >= 11 is 0. The van der Waals surface area contributed by atoms with Crippen molar-refractivity contribution < 1.29 is 9.59 Å². The van der Waals surface area contributed by atoms with Gasteiger partial charge in [0.2, 0.25) is 11.8 Å². The van der Waals surface area contributed by atoms with Gasteiger partial charge in [-0.15, -0.1) is 0 Å². The molecule has 0 bridgehead atoms. The molecule has 4 rings (SSSR count). The third-order valence-corrected chi connectivity index (χ3v) is 5.94. The normalized spacial score (nSPS) is 20.3. The molecule has 3 atom stereocenters. The molecule has 2 unspecified atom stereocenters. The molecular formula is C22H26N6O2. The summed E-state index contributed by atoms with van der Waals surface area (Å²) < 4.78 is 0. The van der Waals surface area contributed by atoms with E-state index < -0.39 is 18.0 Å². The van der Waals surface area contributed by atoms with Crippen LogP contribution in [0.5, 0.6) is 0 Å². The molecule has 1 saturated heterocycles. The van der Waals surface area contributed by atoms with E-state index in [0.29, 0.717) is 25.3 Å². The van der Waals surface area contributed by atoms with Gasteiger partial charge in [-0.25, -0.2) is 0 Å². The first-order valence-corrected chi connectivity index (χ1v) is 10.0. The highest BCUT2D eigenvalue weighted by Gasteiger charge is 2.40. The molecule has 0 saturated carbocycles. The minimum absolute atomic E-state index is 0.140. The van der Waals surface area contributed by atoms with Gasteiger partial charge in [-0.05, 0) is 42.5 Å². The lowest BCUT2D eigenvalue weighted by Crippen LogP contribution is -2.51. The van der Waals surface area contributed by atoms with Gasteiger partial charge >= 0.3 is 0 Å². The lowest BCUT2D eigenvalue weighted by Gasteiger charge is -2.28.